The molecule has 1 aromatic carbocycles. The van der Waals surface area contributed by atoms with E-state index in [-0.39, 0.29) is 11.6 Å². The average molecular weight is 293 g/mol. The minimum atomic E-state index is -0.713. The van der Waals surface area contributed by atoms with Crippen molar-refractivity contribution in [1.29, 1.82) is 0 Å². The first-order valence-electron chi connectivity index (χ1n) is 7.03. The summed E-state index contributed by atoms with van der Waals surface area (Å²) in [5.41, 5.74) is -0.511. The molecule has 7 heteroatoms. The third kappa shape index (κ3) is 2.61. The van der Waals surface area contributed by atoms with Crippen molar-refractivity contribution in [3.8, 4) is 0 Å². The van der Waals surface area contributed by atoms with Crippen molar-refractivity contribution in [3.05, 3.63) is 39.7 Å². The fourth-order valence-corrected chi connectivity index (χ4v) is 3.22. The van der Waals surface area contributed by atoms with Crippen molar-refractivity contribution in [2.24, 2.45) is 5.92 Å². The normalized spacial score (nSPS) is 24.7. The van der Waals surface area contributed by atoms with Crippen LogP contribution in [0.5, 0.6) is 0 Å². The highest BCUT2D eigenvalue weighted by molar-refractivity contribution is 5.98. The second kappa shape index (κ2) is 5.40. The van der Waals surface area contributed by atoms with E-state index in [2.05, 4.69) is 5.32 Å². The summed E-state index contributed by atoms with van der Waals surface area (Å²) in [6.07, 6.45) is 2.15. The highest BCUT2D eigenvalue weighted by Crippen LogP contribution is 2.28. The number of nitro groups is 1. The zero-order chi connectivity index (χ0) is 15.0. The Bertz CT molecular complexity index is 579. The third-order valence-corrected chi connectivity index (χ3v) is 4.27. The van der Waals surface area contributed by atoms with Crippen LogP contribution in [0, 0.1) is 21.8 Å². The smallest absolute Gasteiger partial charge is 0.285 e. The molecular weight excluding hydrogens is 277 g/mol. The van der Waals surface area contributed by atoms with E-state index in [9.17, 15) is 19.3 Å². The number of hydrogen-bond donors (Lipinski definition) is 1. The van der Waals surface area contributed by atoms with Gasteiger partial charge >= 0.3 is 0 Å². The molecule has 21 heavy (non-hydrogen) atoms. The fraction of sp³-hybridized carbons (Fsp3) is 0.500. The topological polar surface area (TPSA) is 75.5 Å². The number of nitro benzene ring substituents is 1. The highest BCUT2D eigenvalue weighted by Gasteiger charge is 2.38. The molecule has 1 N–H and O–H groups in total. The standard InChI is InChI=1S/C14H16FN3O3/c15-10-3-4-11(13(6-10)18(20)21)14(19)17-7-9-2-1-5-16-12(9)8-17/h3-4,6,9,12,16H,1-2,5,7-8H2. The predicted octanol–water partition coefficient (Wildman–Crippen LogP) is 1.56. The Balaban J connectivity index is 1.84. The van der Waals surface area contributed by atoms with Gasteiger partial charge in [0.25, 0.3) is 11.6 Å². The number of benzene rings is 1. The van der Waals surface area contributed by atoms with Crippen molar-refractivity contribution in [2.45, 2.75) is 18.9 Å². The quantitative estimate of drug-likeness (QED) is 0.663. The second-order valence-electron chi connectivity index (χ2n) is 5.59. The first-order chi connectivity index (χ1) is 10.1. The highest BCUT2D eigenvalue weighted by atomic mass is 19.1. The SMILES string of the molecule is O=C(c1ccc(F)cc1[N+](=O)[O-])N1CC2CCCNC2C1. The molecule has 0 radical (unpaired) electrons. The molecule has 1 aromatic rings. The van der Waals surface area contributed by atoms with Crippen LogP contribution in [0.15, 0.2) is 18.2 Å². The van der Waals surface area contributed by atoms with Gasteiger partial charge in [0.1, 0.15) is 11.4 Å². The van der Waals surface area contributed by atoms with Crippen molar-refractivity contribution < 1.29 is 14.1 Å². The minimum Gasteiger partial charge on any atom is -0.337 e. The molecule has 0 aliphatic carbocycles. The lowest BCUT2D eigenvalue weighted by molar-refractivity contribution is -0.385. The van der Waals surface area contributed by atoms with Crippen molar-refractivity contribution >= 4 is 11.6 Å². The molecule has 0 bridgehead atoms. The van der Waals surface area contributed by atoms with Gasteiger partial charge in [-0.3, -0.25) is 14.9 Å². The van der Waals surface area contributed by atoms with Crippen LogP contribution in [-0.2, 0) is 0 Å². The molecule has 2 unspecified atom stereocenters. The fourth-order valence-electron chi connectivity index (χ4n) is 3.22. The number of piperidine rings is 1. The summed E-state index contributed by atoms with van der Waals surface area (Å²) in [5.74, 6) is -0.699. The molecule has 2 aliphatic rings. The molecule has 112 valence electrons. The first kappa shape index (κ1) is 13.9. The summed E-state index contributed by atoms with van der Waals surface area (Å²) < 4.78 is 13.2. The summed E-state index contributed by atoms with van der Waals surface area (Å²) in [6, 6.07) is 3.35. The van der Waals surface area contributed by atoms with E-state index in [4.69, 9.17) is 0 Å². The van der Waals surface area contributed by atoms with E-state index in [1.54, 1.807) is 4.90 Å². The molecule has 0 aromatic heterocycles. The van der Waals surface area contributed by atoms with Crippen LogP contribution in [0.25, 0.3) is 0 Å². The van der Waals surface area contributed by atoms with Gasteiger partial charge in [0.2, 0.25) is 0 Å². The van der Waals surface area contributed by atoms with Gasteiger partial charge in [0, 0.05) is 19.1 Å². The Labute approximate surface area is 121 Å². The van der Waals surface area contributed by atoms with E-state index in [0.717, 1.165) is 31.5 Å². The predicted molar refractivity (Wildman–Crippen MR) is 73.5 cm³/mol. The number of carbonyl (C=O) groups excluding carboxylic acids is 1. The van der Waals surface area contributed by atoms with Crippen LogP contribution in [0.2, 0.25) is 0 Å². The number of hydrogen-bond acceptors (Lipinski definition) is 4. The zero-order valence-electron chi connectivity index (χ0n) is 11.4. The molecule has 0 spiro atoms. The molecule has 2 saturated heterocycles. The van der Waals surface area contributed by atoms with Gasteiger partial charge in [0.15, 0.2) is 0 Å². The number of rotatable bonds is 2. The number of amides is 1. The lowest BCUT2D eigenvalue weighted by Crippen LogP contribution is -2.41. The van der Waals surface area contributed by atoms with Crippen LogP contribution in [0.1, 0.15) is 23.2 Å². The molecular formula is C14H16FN3O3. The van der Waals surface area contributed by atoms with E-state index in [0.29, 0.717) is 19.0 Å². The number of fused-ring (bicyclic) bond motifs is 1. The van der Waals surface area contributed by atoms with Gasteiger partial charge < -0.3 is 10.2 Å². The third-order valence-electron chi connectivity index (χ3n) is 4.27. The molecule has 6 nitrogen and oxygen atoms in total. The average Bonchev–Trinajstić information content (AvgIpc) is 2.90. The number of likely N-dealkylation sites (tertiary alicyclic amines) is 1. The maximum Gasteiger partial charge on any atom is 0.285 e. The number of nitrogens with zero attached hydrogens (tertiary/aromatic N) is 2. The molecule has 2 heterocycles. The molecule has 3 rings (SSSR count). The Morgan fingerprint density at radius 1 is 1.43 bits per heavy atom. The van der Waals surface area contributed by atoms with Crippen LogP contribution in [0.4, 0.5) is 10.1 Å². The Hall–Kier alpha value is -2.02. The summed E-state index contributed by atoms with van der Waals surface area (Å²) >= 11 is 0. The lowest BCUT2D eigenvalue weighted by atomic mass is 9.94. The first-order valence-corrected chi connectivity index (χ1v) is 7.03. The van der Waals surface area contributed by atoms with Crippen LogP contribution >= 0.6 is 0 Å². The summed E-state index contributed by atoms with van der Waals surface area (Å²) in [7, 11) is 0. The van der Waals surface area contributed by atoms with Crippen LogP contribution in [-0.4, -0.2) is 41.4 Å². The number of carbonyl (C=O) groups is 1. The Morgan fingerprint density at radius 3 is 2.95 bits per heavy atom. The Morgan fingerprint density at radius 2 is 2.24 bits per heavy atom. The van der Waals surface area contributed by atoms with Crippen molar-refractivity contribution in [1.82, 2.24) is 10.2 Å². The summed E-state index contributed by atoms with van der Waals surface area (Å²) in [5, 5.41) is 14.4. The van der Waals surface area contributed by atoms with Gasteiger partial charge in [-0.25, -0.2) is 4.39 Å². The second-order valence-corrected chi connectivity index (χ2v) is 5.59. The molecule has 2 atom stereocenters. The van der Waals surface area contributed by atoms with Crippen LogP contribution < -0.4 is 5.32 Å². The maximum atomic E-state index is 13.2. The molecule has 2 aliphatic heterocycles. The van der Waals surface area contributed by atoms with Gasteiger partial charge in [-0.15, -0.1) is 0 Å². The summed E-state index contributed by atoms with van der Waals surface area (Å²) in [4.78, 5) is 24.4. The van der Waals surface area contributed by atoms with E-state index >= 15 is 0 Å². The number of halogens is 1. The van der Waals surface area contributed by atoms with E-state index in [1.165, 1.54) is 6.07 Å². The summed E-state index contributed by atoms with van der Waals surface area (Å²) in [6.45, 7) is 2.10. The van der Waals surface area contributed by atoms with Crippen LogP contribution in [0.3, 0.4) is 0 Å². The zero-order valence-corrected chi connectivity index (χ0v) is 11.4. The van der Waals surface area contributed by atoms with E-state index in [1.807, 2.05) is 0 Å². The monoisotopic (exact) mass is 293 g/mol. The minimum absolute atomic E-state index is 0.0416. The maximum absolute atomic E-state index is 13.2. The lowest BCUT2D eigenvalue weighted by Gasteiger charge is -2.24. The van der Waals surface area contributed by atoms with E-state index < -0.39 is 22.3 Å². The van der Waals surface area contributed by atoms with Gasteiger partial charge in [0.05, 0.1) is 11.0 Å². The molecule has 1 amide bonds. The van der Waals surface area contributed by atoms with Gasteiger partial charge in [-0.1, -0.05) is 0 Å². The van der Waals surface area contributed by atoms with Gasteiger partial charge in [-0.2, -0.15) is 0 Å². The Kier molecular flexibility index (Phi) is 3.59. The molecule has 2 fully saturated rings. The molecule has 0 saturated carbocycles. The van der Waals surface area contributed by atoms with Gasteiger partial charge in [-0.05, 0) is 37.4 Å². The van der Waals surface area contributed by atoms with Crippen molar-refractivity contribution in [2.75, 3.05) is 19.6 Å². The largest absolute Gasteiger partial charge is 0.337 e. The van der Waals surface area contributed by atoms with Crippen molar-refractivity contribution in [3.63, 3.8) is 0 Å². The number of nitrogens with one attached hydrogen (secondary N) is 1.